The van der Waals surface area contributed by atoms with Gasteiger partial charge in [-0.25, -0.2) is 8.42 Å². The number of nitrogens with one attached hydrogen (secondary N) is 1. The van der Waals surface area contributed by atoms with E-state index in [1.54, 1.807) is 24.3 Å². The molecule has 1 heterocycles. The molecule has 0 aliphatic carbocycles. The van der Waals surface area contributed by atoms with Crippen molar-refractivity contribution in [1.29, 1.82) is 0 Å². The van der Waals surface area contributed by atoms with Crippen LogP contribution in [-0.2, 0) is 35.6 Å². The fourth-order valence-corrected chi connectivity index (χ4v) is 6.32. The molecule has 3 aromatic carbocycles. The minimum absolute atomic E-state index is 0.0932. The Morgan fingerprint density at radius 1 is 0.978 bits per heavy atom. The van der Waals surface area contributed by atoms with Crippen molar-refractivity contribution >= 4 is 33.4 Å². The first-order valence-electron chi connectivity index (χ1n) is 14.9. The summed E-state index contributed by atoms with van der Waals surface area (Å²) in [6, 6.07) is 21.2. The van der Waals surface area contributed by atoms with Gasteiger partial charge < -0.3 is 24.4 Å². The van der Waals surface area contributed by atoms with Crippen molar-refractivity contribution < 1.29 is 32.2 Å². The lowest BCUT2D eigenvalue weighted by Gasteiger charge is -2.31. The van der Waals surface area contributed by atoms with Gasteiger partial charge in [0.25, 0.3) is 5.91 Å². The number of ether oxygens (including phenoxy) is 3. The lowest BCUT2D eigenvalue weighted by atomic mass is 10.0. The second-order valence-corrected chi connectivity index (χ2v) is 13.2. The maximum absolute atomic E-state index is 13.9. The summed E-state index contributed by atoms with van der Waals surface area (Å²) in [5.41, 5.74) is 1.43. The van der Waals surface area contributed by atoms with Crippen LogP contribution in [-0.4, -0.2) is 81.6 Å². The highest BCUT2D eigenvalue weighted by Gasteiger charge is 2.32. The van der Waals surface area contributed by atoms with Crippen LogP contribution < -0.4 is 10.1 Å². The number of halogens is 1. The molecule has 0 saturated carbocycles. The number of morpholine rings is 1. The van der Waals surface area contributed by atoms with E-state index in [9.17, 15) is 18.0 Å². The molecular formula is C33H40ClN3O7S. The summed E-state index contributed by atoms with van der Waals surface area (Å²) >= 11 is 6.10. The Morgan fingerprint density at radius 3 is 2.29 bits per heavy atom. The van der Waals surface area contributed by atoms with Gasteiger partial charge in [-0.05, 0) is 67.8 Å². The standard InChI is InChI=1S/C33H40ClN3O7S/c1-25(2)43-20-6-17-35-33(39)32(27-7-4-3-5-8-27)37(23-26-9-11-28(34)12-10-26)31(38)24-44-29-13-15-30(16-14-29)45(40,41)36-18-21-42-22-19-36/h3-5,7-16,25,32H,6,17-24H2,1-2H3,(H,35,39)/t32-/m0/s1. The SMILES string of the molecule is CC(C)OCCCNC(=O)[C@H](c1ccccc1)N(Cc1ccc(Cl)cc1)C(=O)COc1ccc(S(=O)(=O)N2CCOCC2)cc1. The summed E-state index contributed by atoms with van der Waals surface area (Å²) in [6.45, 7) is 5.83. The molecule has 0 spiro atoms. The van der Waals surface area contributed by atoms with Gasteiger partial charge in [0, 0.05) is 37.8 Å². The van der Waals surface area contributed by atoms with E-state index < -0.39 is 22.0 Å². The lowest BCUT2D eigenvalue weighted by molar-refractivity contribution is -0.143. The van der Waals surface area contributed by atoms with Crippen molar-refractivity contribution in [2.24, 2.45) is 0 Å². The van der Waals surface area contributed by atoms with Crippen LogP contribution in [0.5, 0.6) is 5.75 Å². The minimum atomic E-state index is -3.67. The van der Waals surface area contributed by atoms with Gasteiger partial charge in [-0.15, -0.1) is 0 Å². The number of rotatable bonds is 15. The first kappa shape index (κ1) is 34.4. The quantitative estimate of drug-likeness (QED) is 0.240. The molecule has 1 saturated heterocycles. The van der Waals surface area contributed by atoms with Crippen molar-refractivity contribution in [3.8, 4) is 5.75 Å². The molecule has 1 fully saturated rings. The topological polar surface area (TPSA) is 114 Å². The average molecular weight is 658 g/mol. The summed E-state index contributed by atoms with van der Waals surface area (Å²) < 4.78 is 44.0. The summed E-state index contributed by atoms with van der Waals surface area (Å²) in [5.74, 6) is -0.436. The molecule has 0 bridgehead atoms. The largest absolute Gasteiger partial charge is 0.484 e. The third kappa shape index (κ3) is 10.0. The Balaban J connectivity index is 1.52. The van der Waals surface area contributed by atoms with Gasteiger partial charge in [-0.3, -0.25) is 9.59 Å². The van der Waals surface area contributed by atoms with Crippen LogP contribution in [0.2, 0.25) is 5.02 Å². The zero-order valence-electron chi connectivity index (χ0n) is 25.6. The van der Waals surface area contributed by atoms with E-state index in [0.717, 1.165) is 5.56 Å². The molecule has 0 radical (unpaired) electrons. The number of nitrogens with zero attached hydrogens (tertiary/aromatic N) is 2. The molecule has 45 heavy (non-hydrogen) atoms. The molecule has 12 heteroatoms. The predicted molar refractivity (Wildman–Crippen MR) is 171 cm³/mol. The highest BCUT2D eigenvalue weighted by Crippen LogP contribution is 2.26. The lowest BCUT2D eigenvalue weighted by Crippen LogP contribution is -2.45. The molecule has 0 aromatic heterocycles. The fourth-order valence-electron chi connectivity index (χ4n) is 4.79. The summed E-state index contributed by atoms with van der Waals surface area (Å²) in [6.07, 6.45) is 0.715. The van der Waals surface area contributed by atoms with E-state index in [4.69, 9.17) is 25.8 Å². The van der Waals surface area contributed by atoms with E-state index in [1.165, 1.54) is 33.5 Å². The number of sulfonamides is 1. The van der Waals surface area contributed by atoms with Crippen LogP contribution in [0.3, 0.4) is 0 Å². The van der Waals surface area contributed by atoms with E-state index in [2.05, 4.69) is 5.32 Å². The van der Waals surface area contributed by atoms with Crippen molar-refractivity contribution in [3.63, 3.8) is 0 Å². The smallest absolute Gasteiger partial charge is 0.261 e. The van der Waals surface area contributed by atoms with Crippen LogP contribution in [0.4, 0.5) is 0 Å². The number of amides is 2. The van der Waals surface area contributed by atoms with Crippen LogP contribution in [0.1, 0.15) is 37.4 Å². The number of carbonyl (C=O) groups excluding carboxylic acids is 2. The molecule has 242 valence electrons. The number of hydrogen-bond acceptors (Lipinski definition) is 7. The number of hydrogen-bond donors (Lipinski definition) is 1. The van der Waals surface area contributed by atoms with Gasteiger partial charge in [-0.1, -0.05) is 54.1 Å². The van der Waals surface area contributed by atoms with Crippen LogP contribution in [0.25, 0.3) is 0 Å². The highest BCUT2D eigenvalue weighted by atomic mass is 35.5. The maximum atomic E-state index is 13.9. The second kappa shape index (κ2) is 16.7. The molecule has 2 amide bonds. The summed E-state index contributed by atoms with van der Waals surface area (Å²) in [7, 11) is -3.67. The Bertz CT molecular complexity index is 1480. The van der Waals surface area contributed by atoms with Gasteiger partial charge in [0.1, 0.15) is 11.8 Å². The third-order valence-corrected chi connectivity index (χ3v) is 9.29. The van der Waals surface area contributed by atoms with E-state index in [1.807, 2.05) is 44.2 Å². The molecule has 1 aliphatic heterocycles. The molecular weight excluding hydrogens is 618 g/mol. The van der Waals surface area contributed by atoms with E-state index >= 15 is 0 Å². The van der Waals surface area contributed by atoms with Crippen LogP contribution >= 0.6 is 11.6 Å². The number of carbonyl (C=O) groups is 2. The van der Waals surface area contributed by atoms with Gasteiger partial charge in [0.15, 0.2) is 6.61 Å². The zero-order chi connectivity index (χ0) is 32.2. The fraction of sp³-hybridized carbons (Fsp3) is 0.394. The molecule has 1 atom stereocenters. The minimum Gasteiger partial charge on any atom is -0.484 e. The van der Waals surface area contributed by atoms with Crippen molar-refractivity contribution in [2.75, 3.05) is 46.1 Å². The average Bonchev–Trinajstić information content (AvgIpc) is 3.05. The molecule has 1 N–H and O–H groups in total. The zero-order valence-corrected chi connectivity index (χ0v) is 27.1. The highest BCUT2D eigenvalue weighted by molar-refractivity contribution is 7.89. The van der Waals surface area contributed by atoms with Crippen molar-refractivity contribution in [1.82, 2.24) is 14.5 Å². The molecule has 0 unspecified atom stereocenters. The van der Waals surface area contributed by atoms with E-state index in [-0.39, 0.29) is 30.1 Å². The monoisotopic (exact) mass is 657 g/mol. The van der Waals surface area contributed by atoms with Crippen molar-refractivity contribution in [3.05, 3.63) is 95.0 Å². The molecule has 3 aromatic rings. The van der Waals surface area contributed by atoms with E-state index in [0.29, 0.717) is 62.2 Å². The Hall–Kier alpha value is -3.48. The first-order chi connectivity index (χ1) is 21.6. The Kier molecular flexibility index (Phi) is 12.8. The molecule has 10 nitrogen and oxygen atoms in total. The van der Waals surface area contributed by atoms with Gasteiger partial charge >= 0.3 is 0 Å². The number of benzene rings is 3. The second-order valence-electron chi connectivity index (χ2n) is 10.8. The summed E-state index contributed by atoms with van der Waals surface area (Å²) in [4.78, 5) is 29.2. The van der Waals surface area contributed by atoms with Crippen LogP contribution in [0, 0.1) is 0 Å². The van der Waals surface area contributed by atoms with Crippen molar-refractivity contribution in [2.45, 2.75) is 43.9 Å². The van der Waals surface area contributed by atoms with Gasteiger partial charge in [0.2, 0.25) is 15.9 Å². The van der Waals surface area contributed by atoms with Gasteiger partial charge in [-0.2, -0.15) is 4.31 Å². The summed E-state index contributed by atoms with van der Waals surface area (Å²) in [5, 5.41) is 3.52. The maximum Gasteiger partial charge on any atom is 0.261 e. The Labute approximate surface area is 270 Å². The van der Waals surface area contributed by atoms with Gasteiger partial charge in [0.05, 0.1) is 24.2 Å². The third-order valence-electron chi connectivity index (χ3n) is 7.13. The van der Waals surface area contributed by atoms with Crippen LogP contribution in [0.15, 0.2) is 83.8 Å². The normalized spacial score (nSPS) is 14.6. The predicted octanol–water partition coefficient (Wildman–Crippen LogP) is 4.44. The Morgan fingerprint density at radius 2 is 1.64 bits per heavy atom. The molecule has 1 aliphatic rings. The first-order valence-corrected chi connectivity index (χ1v) is 16.8. The molecule has 4 rings (SSSR count).